The van der Waals surface area contributed by atoms with E-state index >= 15 is 0 Å². The number of nitrogens with zero attached hydrogens (tertiary/aromatic N) is 5. The number of nitrogens with one attached hydrogen (secondary N) is 2. The van der Waals surface area contributed by atoms with Gasteiger partial charge in [-0.15, -0.1) is 5.10 Å². The number of benzene rings is 1. The maximum Gasteiger partial charge on any atom is 0.276 e. The molecule has 2 aromatic heterocycles. The zero-order valence-electron chi connectivity index (χ0n) is 11.9. The first-order chi connectivity index (χ1) is 11.2. The van der Waals surface area contributed by atoms with E-state index in [9.17, 15) is 9.18 Å². The summed E-state index contributed by atoms with van der Waals surface area (Å²) in [6.45, 7) is 0. The van der Waals surface area contributed by atoms with Crippen molar-refractivity contribution in [2.75, 3.05) is 5.32 Å². The molecule has 1 aliphatic carbocycles. The molecule has 23 heavy (non-hydrogen) atoms. The minimum absolute atomic E-state index is 0.0407. The van der Waals surface area contributed by atoms with Crippen LogP contribution >= 0.6 is 0 Å². The third kappa shape index (κ3) is 2.68. The average Bonchev–Trinajstić information content (AvgIpc) is 3.05. The minimum atomic E-state index is -0.548. The lowest BCUT2D eigenvalue weighted by Crippen LogP contribution is -2.14. The highest BCUT2D eigenvalue weighted by Crippen LogP contribution is 2.39. The van der Waals surface area contributed by atoms with E-state index in [0.29, 0.717) is 11.6 Å². The number of aromatic nitrogens is 6. The molecule has 1 amide bonds. The summed E-state index contributed by atoms with van der Waals surface area (Å²) in [5, 5.41) is 20.1. The van der Waals surface area contributed by atoms with Crippen molar-refractivity contribution in [2.45, 2.75) is 18.8 Å². The molecule has 4 rings (SSSR count). The van der Waals surface area contributed by atoms with Crippen molar-refractivity contribution in [3.05, 3.63) is 47.8 Å². The molecule has 2 N–H and O–H groups in total. The highest BCUT2D eigenvalue weighted by molar-refractivity contribution is 6.03. The lowest BCUT2D eigenvalue weighted by molar-refractivity contribution is 0.102. The molecule has 1 aromatic carbocycles. The van der Waals surface area contributed by atoms with E-state index in [-0.39, 0.29) is 11.4 Å². The van der Waals surface area contributed by atoms with Gasteiger partial charge in [0.15, 0.2) is 5.69 Å². The van der Waals surface area contributed by atoms with Gasteiger partial charge in [0.1, 0.15) is 12.1 Å². The Morgan fingerprint density at radius 2 is 2.22 bits per heavy atom. The quantitative estimate of drug-likeness (QED) is 0.762. The molecular weight excluding hydrogens is 301 g/mol. The Kier molecular flexibility index (Phi) is 3.11. The van der Waals surface area contributed by atoms with E-state index in [1.807, 2.05) is 0 Å². The summed E-state index contributed by atoms with van der Waals surface area (Å²) in [5.41, 5.74) is 1.75. The highest BCUT2D eigenvalue weighted by Gasteiger charge is 2.26. The molecule has 0 saturated heterocycles. The Morgan fingerprint density at radius 3 is 2.96 bits per heavy atom. The highest BCUT2D eigenvalue weighted by atomic mass is 19.1. The normalized spacial score (nSPS) is 14.0. The first-order valence-corrected chi connectivity index (χ1v) is 7.10. The molecule has 3 aromatic rings. The molecule has 0 bridgehead atoms. The number of tetrazole rings is 1. The van der Waals surface area contributed by atoms with Gasteiger partial charge in [-0.1, -0.05) is 0 Å². The van der Waals surface area contributed by atoms with Crippen LogP contribution in [-0.4, -0.2) is 36.3 Å². The van der Waals surface area contributed by atoms with E-state index < -0.39 is 11.7 Å². The van der Waals surface area contributed by atoms with Crippen LogP contribution in [0.25, 0.3) is 5.69 Å². The predicted molar refractivity (Wildman–Crippen MR) is 77.6 cm³/mol. The van der Waals surface area contributed by atoms with Gasteiger partial charge in [0.2, 0.25) is 0 Å². The number of rotatable bonds is 4. The maximum atomic E-state index is 13.9. The molecule has 9 heteroatoms. The van der Waals surface area contributed by atoms with Crippen LogP contribution in [0.15, 0.2) is 30.6 Å². The zero-order valence-corrected chi connectivity index (χ0v) is 11.9. The Morgan fingerprint density at radius 1 is 1.35 bits per heavy atom. The van der Waals surface area contributed by atoms with E-state index in [0.717, 1.165) is 18.5 Å². The summed E-state index contributed by atoms with van der Waals surface area (Å²) >= 11 is 0. The number of anilines is 1. The van der Waals surface area contributed by atoms with Gasteiger partial charge in [0.25, 0.3) is 5.91 Å². The molecule has 1 fully saturated rings. The Balaban J connectivity index is 1.57. The van der Waals surface area contributed by atoms with Gasteiger partial charge in [0.05, 0.1) is 11.4 Å². The second-order valence-electron chi connectivity index (χ2n) is 5.36. The number of aromatic amines is 1. The number of carbonyl (C=O) groups is 1. The van der Waals surface area contributed by atoms with Crippen molar-refractivity contribution in [1.82, 2.24) is 30.4 Å². The van der Waals surface area contributed by atoms with Crippen molar-refractivity contribution in [1.29, 1.82) is 0 Å². The molecule has 2 heterocycles. The number of carbonyl (C=O) groups excluding carboxylic acids is 1. The van der Waals surface area contributed by atoms with Crippen LogP contribution in [0.1, 0.15) is 34.9 Å². The Labute approximate surface area is 129 Å². The second-order valence-corrected chi connectivity index (χ2v) is 5.36. The molecule has 1 saturated carbocycles. The largest absolute Gasteiger partial charge is 0.318 e. The van der Waals surface area contributed by atoms with Crippen LogP contribution in [0.5, 0.6) is 0 Å². The minimum Gasteiger partial charge on any atom is -0.318 e. The van der Waals surface area contributed by atoms with Crippen LogP contribution in [-0.2, 0) is 0 Å². The van der Waals surface area contributed by atoms with E-state index in [1.165, 1.54) is 29.2 Å². The molecule has 1 aliphatic rings. The molecule has 0 atom stereocenters. The van der Waals surface area contributed by atoms with Gasteiger partial charge < -0.3 is 5.32 Å². The van der Waals surface area contributed by atoms with Crippen molar-refractivity contribution in [2.24, 2.45) is 0 Å². The summed E-state index contributed by atoms with van der Waals surface area (Å²) in [5.74, 6) is -0.557. The average molecular weight is 313 g/mol. The third-order valence-electron chi connectivity index (χ3n) is 3.66. The predicted octanol–water partition coefficient (Wildman–Crippen LogP) is 1.65. The Hall–Kier alpha value is -3.10. The summed E-state index contributed by atoms with van der Waals surface area (Å²) in [4.78, 5) is 12.2. The number of halogens is 1. The van der Waals surface area contributed by atoms with E-state index in [2.05, 4.69) is 31.0 Å². The monoisotopic (exact) mass is 313 g/mol. The van der Waals surface area contributed by atoms with Gasteiger partial charge >= 0.3 is 0 Å². The summed E-state index contributed by atoms with van der Waals surface area (Å²) < 4.78 is 15.3. The van der Waals surface area contributed by atoms with Crippen molar-refractivity contribution in [3.8, 4) is 5.69 Å². The van der Waals surface area contributed by atoms with Gasteiger partial charge in [-0.3, -0.25) is 9.89 Å². The maximum absolute atomic E-state index is 13.9. The molecule has 116 valence electrons. The summed E-state index contributed by atoms with van der Waals surface area (Å²) in [6.07, 6.45) is 3.59. The number of amides is 1. The lowest BCUT2D eigenvalue weighted by Gasteiger charge is -2.07. The van der Waals surface area contributed by atoms with E-state index in [1.54, 1.807) is 6.07 Å². The van der Waals surface area contributed by atoms with Crippen molar-refractivity contribution < 1.29 is 9.18 Å². The van der Waals surface area contributed by atoms with Crippen molar-refractivity contribution >= 4 is 11.6 Å². The first-order valence-electron chi connectivity index (χ1n) is 7.10. The fraction of sp³-hybridized carbons (Fsp3) is 0.214. The summed E-state index contributed by atoms with van der Waals surface area (Å²) in [6, 6.07) is 5.92. The molecule has 0 unspecified atom stereocenters. The van der Waals surface area contributed by atoms with Gasteiger partial charge in [-0.25, -0.2) is 9.07 Å². The van der Waals surface area contributed by atoms with Gasteiger partial charge in [-0.2, -0.15) is 5.10 Å². The first kappa shape index (κ1) is 13.6. The van der Waals surface area contributed by atoms with Crippen LogP contribution < -0.4 is 5.32 Å². The molecule has 0 radical (unpaired) electrons. The van der Waals surface area contributed by atoms with E-state index in [4.69, 9.17) is 0 Å². The van der Waals surface area contributed by atoms with Crippen LogP contribution in [0.2, 0.25) is 0 Å². The van der Waals surface area contributed by atoms with Crippen molar-refractivity contribution in [3.63, 3.8) is 0 Å². The van der Waals surface area contributed by atoms with Crippen LogP contribution in [0.3, 0.4) is 0 Å². The second kappa shape index (κ2) is 5.27. The SMILES string of the molecule is O=C(Nc1cc(-n2cnnn2)ccc1F)c1cc(C2CC2)[nH]n1. The standard InChI is InChI=1S/C14H12FN7O/c15-10-4-3-9(22-7-16-20-21-22)5-12(10)17-14(23)13-6-11(18-19-13)8-1-2-8/h3-8H,1-2H2,(H,17,23)(H,18,19). The third-order valence-corrected chi connectivity index (χ3v) is 3.66. The Bertz CT molecular complexity index is 854. The fourth-order valence-electron chi connectivity index (χ4n) is 2.27. The smallest absolute Gasteiger partial charge is 0.276 e. The number of H-pyrrole nitrogens is 1. The molecule has 8 nitrogen and oxygen atoms in total. The topological polar surface area (TPSA) is 101 Å². The van der Waals surface area contributed by atoms with Crippen LogP contribution in [0.4, 0.5) is 10.1 Å². The van der Waals surface area contributed by atoms with Gasteiger partial charge in [-0.05, 0) is 47.5 Å². The fourth-order valence-corrected chi connectivity index (χ4v) is 2.27. The lowest BCUT2D eigenvalue weighted by atomic mass is 10.2. The van der Waals surface area contributed by atoms with Gasteiger partial charge in [0, 0.05) is 11.6 Å². The zero-order chi connectivity index (χ0) is 15.8. The molecule has 0 spiro atoms. The molecule has 0 aliphatic heterocycles. The van der Waals surface area contributed by atoms with Crippen LogP contribution in [0, 0.1) is 5.82 Å². The number of hydrogen-bond donors (Lipinski definition) is 2. The summed E-state index contributed by atoms with van der Waals surface area (Å²) in [7, 11) is 0. The molecular formula is C14H12FN7O. The number of hydrogen-bond acceptors (Lipinski definition) is 5.